The number of hydrogen-bond acceptors (Lipinski definition) is 5. The molecule has 0 radical (unpaired) electrons. The van der Waals surface area contributed by atoms with Crippen LogP contribution in [-0.4, -0.2) is 50.2 Å². The Morgan fingerprint density at radius 1 is 1.24 bits per heavy atom. The van der Waals surface area contributed by atoms with E-state index in [0.717, 1.165) is 38.3 Å². The van der Waals surface area contributed by atoms with Gasteiger partial charge in [-0.05, 0) is 38.8 Å². The van der Waals surface area contributed by atoms with Gasteiger partial charge in [-0.25, -0.2) is 4.98 Å². The van der Waals surface area contributed by atoms with E-state index in [0.29, 0.717) is 19.3 Å². The number of piperidine rings is 1. The van der Waals surface area contributed by atoms with Crippen molar-refractivity contribution in [1.82, 2.24) is 10.3 Å². The molecule has 1 saturated heterocycles. The monoisotopic (exact) mass is 293 g/mol. The van der Waals surface area contributed by atoms with Crippen molar-refractivity contribution in [2.45, 2.75) is 39.0 Å². The van der Waals surface area contributed by atoms with Crippen LogP contribution >= 0.6 is 0 Å². The second-order valence-electron chi connectivity index (χ2n) is 5.20. The van der Waals surface area contributed by atoms with Crippen LogP contribution in [0.5, 0.6) is 0 Å². The zero-order valence-electron chi connectivity index (χ0n) is 13.1. The summed E-state index contributed by atoms with van der Waals surface area (Å²) in [5.74, 6) is 1.08. The molecule has 1 aromatic heterocycles. The molecule has 1 fully saturated rings. The van der Waals surface area contributed by atoms with Crippen molar-refractivity contribution in [3.63, 3.8) is 0 Å². The predicted molar refractivity (Wildman–Crippen MR) is 84.5 cm³/mol. The van der Waals surface area contributed by atoms with Gasteiger partial charge in [0.25, 0.3) is 0 Å². The van der Waals surface area contributed by atoms with Gasteiger partial charge in [-0.3, -0.25) is 0 Å². The van der Waals surface area contributed by atoms with Gasteiger partial charge in [0.2, 0.25) is 0 Å². The second kappa shape index (κ2) is 8.97. The van der Waals surface area contributed by atoms with Crippen LogP contribution in [0.4, 0.5) is 5.82 Å². The Hall–Kier alpha value is -1.17. The van der Waals surface area contributed by atoms with Gasteiger partial charge in [-0.15, -0.1) is 0 Å². The van der Waals surface area contributed by atoms with Gasteiger partial charge in [0.15, 0.2) is 6.29 Å². The number of ether oxygens (including phenoxy) is 2. The highest BCUT2D eigenvalue weighted by atomic mass is 16.7. The Morgan fingerprint density at radius 3 is 2.52 bits per heavy atom. The SMILES string of the molecule is CCOC(CNC1CCN(c2ccccn2)CC1)OCC. The van der Waals surface area contributed by atoms with E-state index in [1.165, 1.54) is 0 Å². The van der Waals surface area contributed by atoms with Gasteiger partial charge in [0.05, 0.1) is 0 Å². The average molecular weight is 293 g/mol. The lowest BCUT2D eigenvalue weighted by atomic mass is 10.1. The Balaban J connectivity index is 1.71. The maximum Gasteiger partial charge on any atom is 0.169 e. The highest BCUT2D eigenvalue weighted by Crippen LogP contribution is 2.17. The third kappa shape index (κ3) is 5.26. The summed E-state index contributed by atoms with van der Waals surface area (Å²) in [4.78, 5) is 6.76. The van der Waals surface area contributed by atoms with Gasteiger partial charge in [0.1, 0.15) is 5.82 Å². The molecular weight excluding hydrogens is 266 g/mol. The summed E-state index contributed by atoms with van der Waals surface area (Å²) >= 11 is 0. The predicted octanol–water partition coefficient (Wildman–Crippen LogP) is 2.04. The number of hydrogen-bond donors (Lipinski definition) is 1. The number of nitrogens with zero attached hydrogens (tertiary/aromatic N) is 2. The third-order valence-electron chi connectivity index (χ3n) is 3.75. The molecule has 5 heteroatoms. The highest BCUT2D eigenvalue weighted by molar-refractivity contribution is 5.38. The minimum absolute atomic E-state index is 0.131. The fourth-order valence-electron chi connectivity index (χ4n) is 2.65. The van der Waals surface area contributed by atoms with Gasteiger partial charge in [-0.1, -0.05) is 6.07 Å². The average Bonchev–Trinajstić information content (AvgIpc) is 2.54. The molecule has 1 N–H and O–H groups in total. The fraction of sp³-hybridized carbons (Fsp3) is 0.688. The molecule has 2 rings (SSSR count). The topological polar surface area (TPSA) is 46.6 Å². The van der Waals surface area contributed by atoms with Crippen LogP contribution in [0, 0.1) is 0 Å². The van der Waals surface area contributed by atoms with Crippen molar-refractivity contribution in [3.05, 3.63) is 24.4 Å². The van der Waals surface area contributed by atoms with Gasteiger partial charge in [-0.2, -0.15) is 0 Å². The summed E-state index contributed by atoms with van der Waals surface area (Å²) in [6, 6.07) is 6.61. The molecule has 1 aliphatic heterocycles. The van der Waals surface area contributed by atoms with E-state index in [-0.39, 0.29) is 6.29 Å². The quantitative estimate of drug-likeness (QED) is 0.743. The molecule has 0 saturated carbocycles. The number of aromatic nitrogens is 1. The lowest BCUT2D eigenvalue weighted by Crippen LogP contribution is -2.45. The van der Waals surface area contributed by atoms with Crippen LogP contribution in [0.15, 0.2) is 24.4 Å². The zero-order chi connectivity index (χ0) is 14.9. The number of pyridine rings is 1. The highest BCUT2D eigenvalue weighted by Gasteiger charge is 2.20. The third-order valence-corrected chi connectivity index (χ3v) is 3.75. The molecule has 0 spiro atoms. The van der Waals surface area contributed by atoms with Gasteiger partial charge in [0, 0.05) is 45.1 Å². The standard InChI is InChI=1S/C16H27N3O2/c1-3-20-16(21-4-2)13-18-14-8-11-19(12-9-14)15-7-5-6-10-17-15/h5-7,10,14,16,18H,3-4,8-9,11-13H2,1-2H3. The Morgan fingerprint density at radius 2 is 1.95 bits per heavy atom. The van der Waals surface area contributed by atoms with Crippen LogP contribution in [0.2, 0.25) is 0 Å². The van der Waals surface area contributed by atoms with Crippen LogP contribution < -0.4 is 10.2 Å². The summed E-state index contributed by atoms with van der Waals surface area (Å²) < 4.78 is 11.1. The van der Waals surface area contributed by atoms with Crippen LogP contribution in [-0.2, 0) is 9.47 Å². The lowest BCUT2D eigenvalue weighted by Gasteiger charge is -2.33. The van der Waals surface area contributed by atoms with Crippen molar-refractivity contribution in [1.29, 1.82) is 0 Å². The van der Waals surface area contributed by atoms with Crippen molar-refractivity contribution in [2.24, 2.45) is 0 Å². The molecule has 2 heterocycles. The molecule has 0 aliphatic carbocycles. The Bertz CT molecular complexity index is 374. The Kier molecular flexibility index (Phi) is 6.92. The van der Waals surface area contributed by atoms with Crippen LogP contribution in [0.1, 0.15) is 26.7 Å². The summed E-state index contributed by atoms with van der Waals surface area (Å²) in [5, 5.41) is 3.57. The largest absolute Gasteiger partial charge is 0.357 e. The zero-order valence-corrected chi connectivity index (χ0v) is 13.1. The maximum atomic E-state index is 5.56. The van der Waals surface area contributed by atoms with Crippen LogP contribution in [0.3, 0.4) is 0 Å². The fourth-order valence-corrected chi connectivity index (χ4v) is 2.65. The normalized spacial score (nSPS) is 16.6. The molecule has 0 bridgehead atoms. The minimum Gasteiger partial charge on any atom is -0.357 e. The molecular formula is C16H27N3O2. The summed E-state index contributed by atoms with van der Waals surface area (Å²) in [5.41, 5.74) is 0. The summed E-state index contributed by atoms with van der Waals surface area (Å²) in [6.45, 7) is 8.21. The van der Waals surface area contributed by atoms with Crippen molar-refractivity contribution < 1.29 is 9.47 Å². The van der Waals surface area contributed by atoms with E-state index in [1.807, 2.05) is 32.2 Å². The lowest BCUT2D eigenvalue weighted by molar-refractivity contribution is -0.133. The van der Waals surface area contributed by atoms with E-state index >= 15 is 0 Å². The molecule has 21 heavy (non-hydrogen) atoms. The molecule has 5 nitrogen and oxygen atoms in total. The van der Waals surface area contributed by atoms with E-state index in [2.05, 4.69) is 21.3 Å². The first-order chi connectivity index (χ1) is 10.3. The first-order valence-corrected chi connectivity index (χ1v) is 7.96. The van der Waals surface area contributed by atoms with E-state index in [9.17, 15) is 0 Å². The number of rotatable bonds is 8. The first-order valence-electron chi connectivity index (χ1n) is 7.96. The second-order valence-corrected chi connectivity index (χ2v) is 5.20. The molecule has 0 amide bonds. The van der Waals surface area contributed by atoms with E-state index in [4.69, 9.17) is 9.47 Å². The van der Waals surface area contributed by atoms with Gasteiger partial charge >= 0.3 is 0 Å². The van der Waals surface area contributed by atoms with Crippen molar-refractivity contribution in [2.75, 3.05) is 37.7 Å². The molecule has 0 atom stereocenters. The smallest absolute Gasteiger partial charge is 0.169 e. The van der Waals surface area contributed by atoms with Crippen molar-refractivity contribution in [3.8, 4) is 0 Å². The number of nitrogens with one attached hydrogen (secondary N) is 1. The van der Waals surface area contributed by atoms with Crippen LogP contribution in [0.25, 0.3) is 0 Å². The van der Waals surface area contributed by atoms with E-state index < -0.39 is 0 Å². The van der Waals surface area contributed by atoms with Crippen molar-refractivity contribution >= 4 is 5.82 Å². The Labute approximate surface area is 127 Å². The first kappa shape index (κ1) is 16.2. The summed E-state index contributed by atoms with van der Waals surface area (Å²) in [6.07, 6.45) is 3.98. The molecule has 1 aromatic rings. The molecule has 1 aliphatic rings. The maximum absolute atomic E-state index is 5.56. The molecule has 118 valence electrons. The van der Waals surface area contributed by atoms with E-state index in [1.54, 1.807) is 0 Å². The molecule has 0 unspecified atom stereocenters. The number of anilines is 1. The minimum atomic E-state index is -0.131. The molecule has 0 aromatic carbocycles. The summed E-state index contributed by atoms with van der Waals surface area (Å²) in [7, 11) is 0. The van der Waals surface area contributed by atoms with Gasteiger partial charge < -0.3 is 19.7 Å².